The first-order valence-electron chi connectivity index (χ1n) is 7.39. The Hall–Kier alpha value is -2.31. The molecule has 3 rings (SSSR count). The van der Waals surface area contributed by atoms with E-state index in [0.717, 1.165) is 11.1 Å². The zero-order chi connectivity index (χ0) is 18.2. The second-order valence-corrected chi connectivity index (χ2v) is 8.06. The second kappa shape index (κ2) is 6.54. The van der Waals surface area contributed by atoms with E-state index in [9.17, 15) is 8.42 Å². The highest BCUT2D eigenvalue weighted by molar-refractivity contribution is 7.90. The summed E-state index contributed by atoms with van der Waals surface area (Å²) in [5, 5.41) is 4.12. The minimum Gasteiger partial charge on any atom is -0.495 e. The Balaban J connectivity index is 2.31. The lowest BCUT2D eigenvalue weighted by Crippen LogP contribution is -2.03. The highest BCUT2D eigenvalue weighted by Gasteiger charge is 2.20. The van der Waals surface area contributed by atoms with Gasteiger partial charge in [0.1, 0.15) is 12.0 Å². The van der Waals surface area contributed by atoms with Gasteiger partial charge in [-0.25, -0.2) is 8.42 Å². The second-order valence-electron chi connectivity index (χ2n) is 5.70. The lowest BCUT2D eigenvalue weighted by molar-refractivity contribution is 0.415. The maximum Gasteiger partial charge on any atom is 0.176 e. The van der Waals surface area contributed by atoms with E-state index in [-0.39, 0.29) is 4.90 Å². The van der Waals surface area contributed by atoms with E-state index < -0.39 is 9.84 Å². The molecular formula is C18H16ClNO4S. The predicted octanol–water partition coefficient (Wildman–Crippen LogP) is 4.38. The van der Waals surface area contributed by atoms with Gasteiger partial charge in [0.05, 0.1) is 23.2 Å². The molecule has 0 aliphatic rings. The van der Waals surface area contributed by atoms with Crippen LogP contribution in [-0.4, -0.2) is 26.9 Å². The van der Waals surface area contributed by atoms with Crippen molar-refractivity contribution in [3.8, 4) is 28.0 Å². The molecule has 2 aromatic carbocycles. The van der Waals surface area contributed by atoms with Gasteiger partial charge >= 0.3 is 0 Å². The molecule has 0 amide bonds. The Morgan fingerprint density at radius 3 is 2.44 bits per heavy atom. The lowest BCUT2D eigenvalue weighted by Gasteiger charge is -2.15. The third kappa shape index (κ3) is 3.41. The highest BCUT2D eigenvalue weighted by Crippen LogP contribution is 2.37. The van der Waals surface area contributed by atoms with Crippen LogP contribution in [0.15, 0.2) is 52.2 Å². The van der Waals surface area contributed by atoms with Crippen molar-refractivity contribution in [3.05, 3.63) is 53.4 Å². The van der Waals surface area contributed by atoms with Crippen LogP contribution < -0.4 is 4.74 Å². The predicted molar refractivity (Wildman–Crippen MR) is 96.8 cm³/mol. The molecule has 130 valence electrons. The fraction of sp³-hybridized carbons (Fsp3) is 0.167. The molecule has 0 fully saturated rings. The number of aryl methyl sites for hydroxylation is 1. The molecule has 0 bridgehead atoms. The molecular weight excluding hydrogens is 362 g/mol. The van der Waals surface area contributed by atoms with E-state index in [1.165, 1.54) is 19.6 Å². The quantitative estimate of drug-likeness (QED) is 0.674. The number of halogens is 1. The first kappa shape index (κ1) is 17.5. The van der Waals surface area contributed by atoms with Crippen LogP contribution in [0.4, 0.5) is 0 Å². The third-order valence-corrected chi connectivity index (χ3v) is 5.45. The number of aromatic nitrogens is 1. The van der Waals surface area contributed by atoms with Crippen LogP contribution in [0.1, 0.15) is 5.56 Å². The molecule has 5 nitrogen and oxygen atoms in total. The Kier molecular flexibility index (Phi) is 4.58. The number of nitrogens with zero attached hydrogens (tertiary/aromatic N) is 1. The Morgan fingerprint density at radius 1 is 1.12 bits per heavy atom. The number of methoxy groups -OCH3 is 1. The molecule has 7 heteroatoms. The first-order chi connectivity index (χ1) is 11.8. The van der Waals surface area contributed by atoms with E-state index in [4.69, 9.17) is 20.9 Å². The molecule has 0 radical (unpaired) electrons. The summed E-state index contributed by atoms with van der Waals surface area (Å²) in [7, 11) is -1.91. The van der Waals surface area contributed by atoms with Crippen molar-refractivity contribution in [2.45, 2.75) is 11.8 Å². The minimum atomic E-state index is -3.44. The van der Waals surface area contributed by atoms with E-state index in [1.54, 1.807) is 43.5 Å². The van der Waals surface area contributed by atoms with Gasteiger partial charge in [0, 0.05) is 17.4 Å². The maximum atomic E-state index is 12.4. The summed E-state index contributed by atoms with van der Waals surface area (Å²) in [6.07, 6.45) is 4.29. The van der Waals surface area contributed by atoms with E-state index in [2.05, 4.69) is 5.16 Å². The first-order valence-corrected chi connectivity index (χ1v) is 9.66. The van der Waals surface area contributed by atoms with E-state index in [0.29, 0.717) is 27.5 Å². The van der Waals surface area contributed by atoms with Crippen LogP contribution in [0.25, 0.3) is 22.3 Å². The number of benzene rings is 2. The SMILES string of the molecule is COc1ccc(-c2cc(-c3cnoc3)cc(C)c2S(C)(=O)=O)cc1Cl. The van der Waals surface area contributed by atoms with Crippen molar-refractivity contribution < 1.29 is 17.7 Å². The third-order valence-electron chi connectivity index (χ3n) is 3.87. The van der Waals surface area contributed by atoms with Crippen molar-refractivity contribution in [3.63, 3.8) is 0 Å². The van der Waals surface area contributed by atoms with Crippen molar-refractivity contribution >= 4 is 21.4 Å². The molecule has 25 heavy (non-hydrogen) atoms. The van der Waals surface area contributed by atoms with Gasteiger partial charge in [0.15, 0.2) is 9.84 Å². The number of rotatable bonds is 4. The van der Waals surface area contributed by atoms with Gasteiger partial charge in [-0.05, 0) is 47.9 Å². The molecule has 0 aliphatic carbocycles. The molecule has 0 atom stereocenters. The Morgan fingerprint density at radius 2 is 1.88 bits per heavy atom. The van der Waals surface area contributed by atoms with Gasteiger partial charge in [-0.1, -0.05) is 22.8 Å². The summed E-state index contributed by atoms with van der Waals surface area (Å²) in [5.74, 6) is 0.526. The standard InChI is InChI=1S/C18H16ClNO4S/c1-11-6-13(14-9-20-24-10-14)7-15(18(11)25(3,21)22)12-4-5-17(23-2)16(19)8-12/h4-10H,1-3H3. The van der Waals surface area contributed by atoms with E-state index >= 15 is 0 Å². The monoisotopic (exact) mass is 377 g/mol. The fourth-order valence-corrected chi connectivity index (χ4v) is 4.31. The molecule has 3 aromatic rings. The Bertz CT molecular complexity index is 1030. The molecule has 0 aliphatic heterocycles. The van der Waals surface area contributed by atoms with Crippen LogP contribution in [-0.2, 0) is 9.84 Å². The molecule has 0 spiro atoms. The Labute approximate surface area is 151 Å². The van der Waals surface area contributed by atoms with Gasteiger partial charge in [0.25, 0.3) is 0 Å². The summed E-state index contributed by atoms with van der Waals surface area (Å²) in [5.41, 5.74) is 3.48. The molecule has 0 unspecified atom stereocenters. The maximum absolute atomic E-state index is 12.4. The zero-order valence-corrected chi connectivity index (χ0v) is 15.5. The van der Waals surface area contributed by atoms with Crippen molar-refractivity contribution in [2.75, 3.05) is 13.4 Å². The van der Waals surface area contributed by atoms with Gasteiger partial charge < -0.3 is 9.26 Å². The largest absolute Gasteiger partial charge is 0.495 e. The summed E-state index contributed by atoms with van der Waals surface area (Å²) < 4.78 is 34.8. The number of sulfone groups is 1. The van der Waals surface area contributed by atoms with Crippen molar-refractivity contribution in [1.82, 2.24) is 5.16 Å². The fourth-order valence-electron chi connectivity index (χ4n) is 2.83. The van der Waals surface area contributed by atoms with E-state index in [1.807, 2.05) is 0 Å². The smallest absolute Gasteiger partial charge is 0.176 e. The average molecular weight is 378 g/mol. The normalized spacial score (nSPS) is 11.5. The van der Waals surface area contributed by atoms with Gasteiger partial charge in [-0.2, -0.15) is 0 Å². The topological polar surface area (TPSA) is 69.4 Å². The van der Waals surface area contributed by atoms with Crippen molar-refractivity contribution in [1.29, 1.82) is 0 Å². The summed E-state index contributed by atoms with van der Waals surface area (Å²) >= 11 is 6.23. The lowest BCUT2D eigenvalue weighted by atomic mass is 9.97. The van der Waals surface area contributed by atoms with Crippen LogP contribution in [0.3, 0.4) is 0 Å². The zero-order valence-electron chi connectivity index (χ0n) is 13.9. The molecule has 0 N–H and O–H groups in total. The van der Waals surface area contributed by atoms with Crippen LogP contribution in [0.5, 0.6) is 5.75 Å². The summed E-state index contributed by atoms with van der Waals surface area (Å²) in [4.78, 5) is 0.272. The van der Waals surface area contributed by atoms with Crippen LogP contribution >= 0.6 is 11.6 Å². The number of hydrogen-bond acceptors (Lipinski definition) is 5. The molecule has 0 saturated heterocycles. The van der Waals surface area contributed by atoms with Gasteiger partial charge in [-0.15, -0.1) is 0 Å². The van der Waals surface area contributed by atoms with Crippen molar-refractivity contribution in [2.24, 2.45) is 0 Å². The number of hydrogen-bond donors (Lipinski definition) is 0. The van der Waals surface area contributed by atoms with Gasteiger partial charge in [-0.3, -0.25) is 0 Å². The average Bonchev–Trinajstić information content (AvgIpc) is 3.07. The summed E-state index contributed by atoms with van der Waals surface area (Å²) in [6, 6.07) is 8.80. The highest BCUT2D eigenvalue weighted by atomic mass is 35.5. The summed E-state index contributed by atoms with van der Waals surface area (Å²) in [6.45, 7) is 1.77. The molecule has 0 saturated carbocycles. The molecule has 1 aromatic heterocycles. The van der Waals surface area contributed by atoms with Crippen LogP contribution in [0.2, 0.25) is 5.02 Å². The van der Waals surface area contributed by atoms with Crippen LogP contribution in [0, 0.1) is 6.92 Å². The number of ether oxygens (including phenoxy) is 1. The van der Waals surface area contributed by atoms with Gasteiger partial charge in [0.2, 0.25) is 0 Å². The minimum absolute atomic E-state index is 0.272. The molecule has 1 heterocycles.